The van der Waals surface area contributed by atoms with Crippen LogP contribution in [0.3, 0.4) is 0 Å². The maximum Gasteiger partial charge on any atom is 0.316 e. The highest BCUT2D eigenvalue weighted by atomic mass is 19.1. The van der Waals surface area contributed by atoms with Gasteiger partial charge in [-0.05, 0) is 29.3 Å². The molecule has 8 heteroatoms. The number of ether oxygens (including phenoxy) is 1. The average Bonchev–Trinajstić information content (AvgIpc) is 3.11. The van der Waals surface area contributed by atoms with Crippen LogP contribution in [0.1, 0.15) is 17.3 Å². The highest BCUT2D eigenvalue weighted by Gasteiger charge is 2.36. The predicted octanol–water partition coefficient (Wildman–Crippen LogP) is 2.80. The second-order valence-electron chi connectivity index (χ2n) is 7.75. The monoisotopic (exact) mass is 424 g/mol. The van der Waals surface area contributed by atoms with Gasteiger partial charge in [0.15, 0.2) is 6.17 Å². The lowest BCUT2D eigenvalue weighted by molar-refractivity contribution is 0.113. The molecule has 0 radical (unpaired) electrons. The van der Waals surface area contributed by atoms with Gasteiger partial charge in [0.05, 0.1) is 11.9 Å². The number of rotatable bonds is 4. The van der Waals surface area contributed by atoms with Gasteiger partial charge in [-0.1, -0.05) is 30.3 Å². The minimum Gasteiger partial charge on any atom is -0.479 e. The third kappa shape index (κ3) is 3.67. The van der Waals surface area contributed by atoms with Crippen LogP contribution in [0.2, 0.25) is 0 Å². The molecule has 160 valence electrons. The summed E-state index contributed by atoms with van der Waals surface area (Å²) in [5.74, 6) is -0.434. The number of aromatic nitrogens is 2. The molecule has 6 nitrogen and oxygen atoms in total. The standard InChI is InChI=1S/C23H22F2N4O2/c24-16-5-3-6-17(13-16)29-23(30)22(19(14-27-29)28-10-8-26-9-11-28)31-20-12-15-4-1-2-7-18(15)21(20)25/h1-7,13-14,20-21,26H,8-12H2. The molecule has 2 unspecified atom stereocenters. The van der Waals surface area contributed by atoms with Crippen molar-refractivity contribution < 1.29 is 13.5 Å². The number of nitrogens with one attached hydrogen (secondary N) is 1. The van der Waals surface area contributed by atoms with Crippen molar-refractivity contribution in [1.82, 2.24) is 15.1 Å². The number of piperazine rings is 1. The maximum absolute atomic E-state index is 15.1. The molecule has 0 spiro atoms. The van der Waals surface area contributed by atoms with E-state index in [1.165, 1.54) is 18.2 Å². The Morgan fingerprint density at radius 1 is 1.10 bits per heavy atom. The molecule has 0 amide bonds. The highest BCUT2D eigenvalue weighted by molar-refractivity contribution is 5.57. The summed E-state index contributed by atoms with van der Waals surface area (Å²) in [5, 5.41) is 7.53. The highest BCUT2D eigenvalue weighted by Crippen LogP contribution is 2.38. The number of anilines is 1. The molecule has 2 aromatic carbocycles. The fourth-order valence-electron chi connectivity index (χ4n) is 4.23. The second-order valence-corrected chi connectivity index (χ2v) is 7.75. The Hall–Kier alpha value is -3.26. The SMILES string of the molecule is O=c1c(OC2Cc3ccccc3C2F)c(N2CCNCC2)cnn1-c1cccc(F)c1. The fourth-order valence-corrected chi connectivity index (χ4v) is 4.23. The molecule has 1 aliphatic carbocycles. The van der Waals surface area contributed by atoms with Gasteiger partial charge in [-0.3, -0.25) is 4.79 Å². The van der Waals surface area contributed by atoms with Crippen LogP contribution in [0, 0.1) is 5.82 Å². The van der Waals surface area contributed by atoms with Crippen LogP contribution >= 0.6 is 0 Å². The van der Waals surface area contributed by atoms with Gasteiger partial charge in [-0.25, -0.2) is 8.78 Å². The van der Waals surface area contributed by atoms with E-state index in [0.29, 0.717) is 30.8 Å². The predicted molar refractivity (Wildman–Crippen MR) is 113 cm³/mol. The molecular formula is C23H22F2N4O2. The Bertz CT molecular complexity index is 1160. The van der Waals surface area contributed by atoms with Gasteiger partial charge in [0.25, 0.3) is 0 Å². The van der Waals surface area contributed by atoms with Gasteiger partial charge in [0.2, 0.25) is 5.75 Å². The Morgan fingerprint density at radius 2 is 1.90 bits per heavy atom. The number of halogens is 2. The Kier molecular flexibility index (Phi) is 5.15. The van der Waals surface area contributed by atoms with Crippen LogP contribution in [-0.2, 0) is 6.42 Å². The lowest BCUT2D eigenvalue weighted by Crippen LogP contribution is -2.44. The third-order valence-electron chi connectivity index (χ3n) is 5.79. The minimum absolute atomic E-state index is 0.0432. The Morgan fingerprint density at radius 3 is 2.68 bits per heavy atom. The first-order valence-electron chi connectivity index (χ1n) is 10.3. The van der Waals surface area contributed by atoms with E-state index in [9.17, 15) is 9.18 Å². The van der Waals surface area contributed by atoms with E-state index in [-0.39, 0.29) is 11.4 Å². The van der Waals surface area contributed by atoms with Crippen molar-refractivity contribution >= 4 is 5.69 Å². The lowest BCUT2D eigenvalue weighted by Gasteiger charge is -2.31. The lowest BCUT2D eigenvalue weighted by atomic mass is 10.1. The third-order valence-corrected chi connectivity index (χ3v) is 5.79. The summed E-state index contributed by atoms with van der Waals surface area (Å²) in [6.07, 6.45) is -0.222. The molecule has 1 fully saturated rings. The van der Waals surface area contributed by atoms with Crippen molar-refractivity contribution in [2.75, 3.05) is 31.1 Å². The summed E-state index contributed by atoms with van der Waals surface area (Å²) in [6.45, 7) is 2.86. The summed E-state index contributed by atoms with van der Waals surface area (Å²) in [5.41, 5.74) is 1.75. The van der Waals surface area contributed by atoms with Crippen molar-refractivity contribution in [2.24, 2.45) is 0 Å². The van der Waals surface area contributed by atoms with Crippen LogP contribution in [0.4, 0.5) is 14.5 Å². The summed E-state index contributed by atoms with van der Waals surface area (Å²) in [7, 11) is 0. The first kappa shape index (κ1) is 19.7. The van der Waals surface area contributed by atoms with E-state index in [2.05, 4.69) is 10.4 Å². The summed E-state index contributed by atoms with van der Waals surface area (Å²) in [4.78, 5) is 15.4. The van der Waals surface area contributed by atoms with E-state index in [4.69, 9.17) is 4.74 Å². The zero-order chi connectivity index (χ0) is 21.4. The van der Waals surface area contributed by atoms with Gasteiger partial charge in [-0.2, -0.15) is 9.78 Å². The summed E-state index contributed by atoms with van der Waals surface area (Å²) >= 11 is 0. The molecule has 31 heavy (non-hydrogen) atoms. The van der Waals surface area contributed by atoms with Gasteiger partial charge in [0.1, 0.15) is 17.6 Å². The molecule has 2 atom stereocenters. The van der Waals surface area contributed by atoms with Gasteiger partial charge < -0.3 is 15.0 Å². The molecule has 1 N–H and O–H groups in total. The number of nitrogens with zero attached hydrogens (tertiary/aromatic N) is 3. The number of fused-ring (bicyclic) bond motifs is 1. The molecule has 2 heterocycles. The second kappa shape index (κ2) is 8.11. The zero-order valence-corrected chi connectivity index (χ0v) is 16.8. The Labute approximate surface area is 178 Å². The van der Waals surface area contributed by atoms with Crippen LogP contribution < -0.4 is 20.5 Å². The van der Waals surface area contributed by atoms with Crippen molar-refractivity contribution in [1.29, 1.82) is 0 Å². The van der Waals surface area contributed by atoms with Crippen molar-refractivity contribution in [3.05, 3.63) is 82.0 Å². The number of hydrogen-bond donors (Lipinski definition) is 1. The van der Waals surface area contributed by atoms with E-state index in [0.717, 1.165) is 23.3 Å². The molecule has 1 aromatic heterocycles. The Balaban J connectivity index is 1.56. The smallest absolute Gasteiger partial charge is 0.316 e. The van der Waals surface area contributed by atoms with Gasteiger partial charge in [-0.15, -0.1) is 0 Å². The first-order valence-corrected chi connectivity index (χ1v) is 10.3. The minimum atomic E-state index is -1.33. The normalized spacial score (nSPS) is 20.5. The van der Waals surface area contributed by atoms with Crippen LogP contribution in [0.15, 0.2) is 59.5 Å². The van der Waals surface area contributed by atoms with Crippen LogP contribution in [0.5, 0.6) is 5.75 Å². The van der Waals surface area contributed by atoms with Crippen molar-refractivity contribution in [2.45, 2.75) is 18.7 Å². The first-order chi connectivity index (χ1) is 15.1. The number of hydrogen-bond acceptors (Lipinski definition) is 5. The molecule has 3 aromatic rings. The van der Waals surface area contributed by atoms with Crippen LogP contribution in [0.25, 0.3) is 5.69 Å². The van der Waals surface area contributed by atoms with Crippen LogP contribution in [-0.4, -0.2) is 42.1 Å². The summed E-state index contributed by atoms with van der Waals surface area (Å²) < 4.78 is 36.0. The van der Waals surface area contributed by atoms with Gasteiger partial charge >= 0.3 is 5.56 Å². The average molecular weight is 424 g/mol. The fraction of sp³-hybridized carbons (Fsp3) is 0.304. The van der Waals surface area contributed by atoms with Crippen molar-refractivity contribution in [3.8, 4) is 11.4 Å². The van der Waals surface area contributed by atoms with E-state index in [1.54, 1.807) is 24.4 Å². The number of benzene rings is 2. The molecular weight excluding hydrogens is 402 g/mol. The maximum atomic E-state index is 15.1. The van der Waals surface area contributed by atoms with E-state index in [1.807, 2.05) is 17.0 Å². The number of alkyl halides is 1. The van der Waals surface area contributed by atoms with E-state index < -0.39 is 23.7 Å². The molecule has 1 saturated heterocycles. The zero-order valence-electron chi connectivity index (χ0n) is 16.8. The summed E-state index contributed by atoms with van der Waals surface area (Å²) in [6, 6.07) is 12.9. The molecule has 2 aliphatic rings. The van der Waals surface area contributed by atoms with E-state index >= 15 is 4.39 Å². The topological polar surface area (TPSA) is 59.4 Å². The van der Waals surface area contributed by atoms with Gasteiger partial charge in [0, 0.05) is 32.6 Å². The van der Waals surface area contributed by atoms with Crippen molar-refractivity contribution in [3.63, 3.8) is 0 Å². The largest absolute Gasteiger partial charge is 0.479 e. The molecule has 5 rings (SSSR count). The molecule has 0 saturated carbocycles. The quantitative estimate of drug-likeness (QED) is 0.698. The molecule has 1 aliphatic heterocycles. The molecule has 0 bridgehead atoms.